The van der Waals surface area contributed by atoms with Crippen LogP contribution in [0.3, 0.4) is 0 Å². The lowest BCUT2D eigenvalue weighted by Gasteiger charge is -2.40. The van der Waals surface area contributed by atoms with E-state index in [2.05, 4.69) is 39.9 Å². The predicted octanol–water partition coefficient (Wildman–Crippen LogP) is 3.82. The first-order chi connectivity index (χ1) is 10.1. The van der Waals surface area contributed by atoms with Gasteiger partial charge in [0, 0.05) is 5.69 Å². The first kappa shape index (κ1) is 15.5. The molecular weight excluding hydrogens is 274 g/mol. The van der Waals surface area contributed by atoms with Gasteiger partial charge in [-0.2, -0.15) is 0 Å². The fourth-order valence-electron chi connectivity index (χ4n) is 4.70. The van der Waals surface area contributed by atoms with E-state index >= 15 is 0 Å². The quantitative estimate of drug-likeness (QED) is 0.872. The second-order valence-corrected chi connectivity index (χ2v) is 8.10. The SMILES string of the molecule is Cc1ccc(NC(=O)[C@]23CC[C@](C)([C@H](O)C2)C3(C)C)cc1C. The van der Waals surface area contributed by atoms with Crippen LogP contribution in [-0.4, -0.2) is 17.1 Å². The number of anilines is 1. The van der Waals surface area contributed by atoms with Crippen LogP contribution in [0, 0.1) is 30.1 Å². The first-order valence-corrected chi connectivity index (χ1v) is 8.21. The molecule has 3 atom stereocenters. The van der Waals surface area contributed by atoms with E-state index in [-0.39, 0.29) is 22.8 Å². The molecule has 2 bridgehead atoms. The molecule has 3 rings (SSSR count). The molecule has 1 amide bonds. The van der Waals surface area contributed by atoms with Gasteiger partial charge in [0.05, 0.1) is 11.5 Å². The highest BCUT2D eigenvalue weighted by atomic mass is 16.3. The summed E-state index contributed by atoms with van der Waals surface area (Å²) in [5, 5.41) is 13.6. The second-order valence-electron chi connectivity index (χ2n) is 8.10. The van der Waals surface area contributed by atoms with E-state index in [9.17, 15) is 9.90 Å². The van der Waals surface area contributed by atoms with Crippen LogP contribution < -0.4 is 5.32 Å². The highest BCUT2D eigenvalue weighted by molar-refractivity contribution is 5.97. The third kappa shape index (κ3) is 1.75. The van der Waals surface area contributed by atoms with Gasteiger partial charge in [-0.3, -0.25) is 4.79 Å². The molecule has 0 spiro atoms. The van der Waals surface area contributed by atoms with E-state index in [4.69, 9.17) is 0 Å². The number of aliphatic hydroxyl groups is 1. The van der Waals surface area contributed by atoms with Crippen LogP contribution in [-0.2, 0) is 4.79 Å². The van der Waals surface area contributed by atoms with Crippen molar-refractivity contribution in [2.24, 2.45) is 16.2 Å². The molecule has 120 valence electrons. The minimum absolute atomic E-state index is 0.0704. The Morgan fingerprint density at radius 2 is 1.86 bits per heavy atom. The van der Waals surface area contributed by atoms with Crippen LogP contribution in [0.15, 0.2) is 18.2 Å². The van der Waals surface area contributed by atoms with Gasteiger partial charge in [-0.15, -0.1) is 0 Å². The summed E-state index contributed by atoms with van der Waals surface area (Å²) >= 11 is 0. The monoisotopic (exact) mass is 301 g/mol. The van der Waals surface area contributed by atoms with E-state index < -0.39 is 5.41 Å². The third-order valence-corrected chi connectivity index (χ3v) is 7.17. The first-order valence-electron chi connectivity index (χ1n) is 8.21. The van der Waals surface area contributed by atoms with Gasteiger partial charge >= 0.3 is 0 Å². The molecule has 3 nitrogen and oxygen atoms in total. The number of hydrogen-bond donors (Lipinski definition) is 2. The van der Waals surface area contributed by atoms with Crippen LogP contribution >= 0.6 is 0 Å². The zero-order chi connectivity index (χ0) is 16.3. The van der Waals surface area contributed by atoms with Crippen molar-refractivity contribution in [2.45, 2.75) is 60.0 Å². The molecule has 2 saturated carbocycles. The smallest absolute Gasteiger partial charge is 0.231 e. The molecule has 3 heteroatoms. The fourth-order valence-corrected chi connectivity index (χ4v) is 4.70. The number of hydrogen-bond acceptors (Lipinski definition) is 2. The number of rotatable bonds is 2. The van der Waals surface area contributed by atoms with Crippen molar-refractivity contribution < 1.29 is 9.90 Å². The Labute approximate surface area is 133 Å². The number of amides is 1. The van der Waals surface area contributed by atoms with Crippen LogP contribution in [0.25, 0.3) is 0 Å². The predicted molar refractivity (Wildman–Crippen MR) is 88.7 cm³/mol. The number of aliphatic hydroxyl groups excluding tert-OH is 1. The van der Waals surface area contributed by atoms with Gasteiger partial charge < -0.3 is 10.4 Å². The Hall–Kier alpha value is -1.35. The molecule has 0 aliphatic heterocycles. The lowest BCUT2D eigenvalue weighted by atomic mass is 9.64. The van der Waals surface area contributed by atoms with Gasteiger partial charge in [0.1, 0.15) is 0 Å². The summed E-state index contributed by atoms with van der Waals surface area (Å²) in [6.07, 6.45) is 1.97. The molecule has 0 unspecified atom stereocenters. The molecule has 1 aromatic carbocycles. The van der Waals surface area contributed by atoms with Crippen molar-refractivity contribution in [2.75, 3.05) is 5.32 Å². The van der Waals surface area contributed by atoms with Gasteiger partial charge in [0.2, 0.25) is 5.91 Å². The van der Waals surface area contributed by atoms with Crippen LogP contribution in [0.4, 0.5) is 5.69 Å². The number of nitrogens with one attached hydrogen (secondary N) is 1. The molecule has 2 aliphatic rings. The average molecular weight is 301 g/mol. The minimum Gasteiger partial charge on any atom is -0.393 e. The number of benzene rings is 1. The molecule has 0 radical (unpaired) electrons. The molecule has 0 aromatic heterocycles. The molecule has 2 N–H and O–H groups in total. The Morgan fingerprint density at radius 1 is 1.18 bits per heavy atom. The number of carbonyl (C=O) groups excluding carboxylic acids is 1. The van der Waals surface area contributed by atoms with Crippen molar-refractivity contribution in [1.82, 2.24) is 0 Å². The highest BCUT2D eigenvalue weighted by Crippen LogP contribution is 2.72. The zero-order valence-corrected chi connectivity index (χ0v) is 14.3. The number of fused-ring (bicyclic) bond motifs is 2. The Morgan fingerprint density at radius 3 is 2.36 bits per heavy atom. The standard InChI is InChI=1S/C19H27NO2/c1-12-6-7-14(10-13(12)2)20-16(22)19-9-8-18(5,15(21)11-19)17(19,3)4/h6-7,10,15,21H,8-9,11H2,1-5H3,(H,20,22)/t15-,18-,19+/m1/s1. The maximum atomic E-state index is 13.1. The average Bonchev–Trinajstić information content (AvgIpc) is 2.73. The van der Waals surface area contributed by atoms with Crippen molar-refractivity contribution in [1.29, 1.82) is 0 Å². The Bertz CT molecular complexity index is 636. The maximum absolute atomic E-state index is 13.1. The fraction of sp³-hybridized carbons (Fsp3) is 0.632. The largest absolute Gasteiger partial charge is 0.393 e. The summed E-state index contributed by atoms with van der Waals surface area (Å²) in [7, 11) is 0. The molecule has 2 aliphatic carbocycles. The van der Waals surface area contributed by atoms with Gasteiger partial charge in [-0.1, -0.05) is 26.8 Å². The van der Waals surface area contributed by atoms with Gasteiger partial charge in [-0.05, 0) is 67.2 Å². The lowest BCUT2D eigenvalue weighted by molar-refractivity contribution is -0.130. The molecular formula is C19H27NO2. The molecule has 0 saturated heterocycles. The van der Waals surface area contributed by atoms with Crippen molar-refractivity contribution in [3.05, 3.63) is 29.3 Å². The minimum atomic E-state index is -0.458. The summed E-state index contributed by atoms with van der Waals surface area (Å²) < 4.78 is 0. The lowest BCUT2D eigenvalue weighted by Crippen LogP contribution is -2.43. The van der Waals surface area contributed by atoms with Crippen molar-refractivity contribution >= 4 is 11.6 Å². The molecule has 0 heterocycles. The highest BCUT2D eigenvalue weighted by Gasteiger charge is 2.72. The normalized spacial score (nSPS) is 35.6. The van der Waals surface area contributed by atoms with E-state index in [1.54, 1.807) is 0 Å². The van der Waals surface area contributed by atoms with E-state index in [0.29, 0.717) is 6.42 Å². The topological polar surface area (TPSA) is 49.3 Å². The Kier molecular flexibility index (Phi) is 3.23. The van der Waals surface area contributed by atoms with Gasteiger partial charge in [0.15, 0.2) is 0 Å². The number of carbonyl (C=O) groups is 1. The summed E-state index contributed by atoms with van der Waals surface area (Å²) in [6.45, 7) is 10.6. The third-order valence-electron chi connectivity index (χ3n) is 7.17. The summed E-state index contributed by atoms with van der Waals surface area (Å²) in [5.74, 6) is 0.0704. The summed E-state index contributed by atoms with van der Waals surface area (Å²) in [5.41, 5.74) is 2.45. The van der Waals surface area contributed by atoms with Crippen LogP contribution in [0.1, 0.15) is 51.2 Å². The van der Waals surface area contributed by atoms with Crippen molar-refractivity contribution in [3.63, 3.8) is 0 Å². The van der Waals surface area contributed by atoms with E-state index in [1.807, 2.05) is 18.2 Å². The van der Waals surface area contributed by atoms with Crippen molar-refractivity contribution in [3.8, 4) is 0 Å². The maximum Gasteiger partial charge on any atom is 0.231 e. The van der Waals surface area contributed by atoms with Crippen LogP contribution in [0.5, 0.6) is 0 Å². The van der Waals surface area contributed by atoms with Gasteiger partial charge in [0.25, 0.3) is 0 Å². The van der Waals surface area contributed by atoms with Gasteiger partial charge in [-0.25, -0.2) is 0 Å². The second kappa shape index (κ2) is 4.58. The summed E-state index contributed by atoms with van der Waals surface area (Å²) in [6, 6.07) is 6.02. The van der Waals surface area contributed by atoms with E-state index in [0.717, 1.165) is 18.5 Å². The molecule has 1 aromatic rings. The molecule has 2 fully saturated rings. The van der Waals surface area contributed by atoms with Crippen LogP contribution in [0.2, 0.25) is 0 Å². The Balaban J connectivity index is 1.91. The molecule has 22 heavy (non-hydrogen) atoms. The number of aryl methyl sites for hydroxylation is 2. The summed E-state index contributed by atoms with van der Waals surface area (Å²) in [4.78, 5) is 13.1. The van der Waals surface area contributed by atoms with E-state index in [1.165, 1.54) is 11.1 Å². The zero-order valence-electron chi connectivity index (χ0n) is 14.3.